The smallest absolute Gasteiger partial charge is 0.291 e. The minimum Gasteiger partial charge on any atom is -0.494 e. The Bertz CT molecular complexity index is 1540. The van der Waals surface area contributed by atoms with E-state index in [2.05, 4.69) is 15.6 Å². The molecule has 2 aromatic carbocycles. The number of aliphatic hydroxyl groups excluding tert-OH is 1. The van der Waals surface area contributed by atoms with Crippen molar-refractivity contribution in [1.82, 2.24) is 24.7 Å². The van der Waals surface area contributed by atoms with Crippen LogP contribution in [0.3, 0.4) is 0 Å². The fraction of sp³-hybridized carbons (Fsp3) is 0.357. The number of halogens is 3. The molecule has 42 heavy (non-hydrogen) atoms. The van der Waals surface area contributed by atoms with Crippen molar-refractivity contribution in [1.29, 1.82) is 0 Å². The molecule has 5 rings (SSSR count). The first-order chi connectivity index (χ1) is 20.1. The van der Waals surface area contributed by atoms with Crippen molar-refractivity contribution in [3.05, 3.63) is 64.6 Å². The zero-order valence-electron chi connectivity index (χ0n) is 22.9. The molecule has 0 radical (unpaired) electrons. The van der Waals surface area contributed by atoms with Gasteiger partial charge in [-0.05, 0) is 36.8 Å². The summed E-state index contributed by atoms with van der Waals surface area (Å²) in [5, 5.41) is 15.5. The predicted octanol–water partition coefficient (Wildman–Crippen LogP) is 2.29. The van der Waals surface area contributed by atoms with Gasteiger partial charge < -0.3 is 34.8 Å². The van der Waals surface area contributed by atoms with Gasteiger partial charge in [-0.3, -0.25) is 14.4 Å². The minimum absolute atomic E-state index is 0.0633. The molecule has 3 heterocycles. The quantitative estimate of drug-likeness (QED) is 0.395. The lowest BCUT2D eigenvalue weighted by Gasteiger charge is -2.36. The summed E-state index contributed by atoms with van der Waals surface area (Å²) in [6.07, 6.45) is 1.10. The minimum atomic E-state index is -1.15. The third-order valence-electron chi connectivity index (χ3n) is 7.48. The van der Waals surface area contributed by atoms with Gasteiger partial charge in [0.05, 0.1) is 41.7 Å². The van der Waals surface area contributed by atoms with Crippen LogP contribution in [-0.4, -0.2) is 94.2 Å². The van der Waals surface area contributed by atoms with Gasteiger partial charge in [0.1, 0.15) is 0 Å². The van der Waals surface area contributed by atoms with Crippen molar-refractivity contribution in [2.45, 2.75) is 18.6 Å². The van der Waals surface area contributed by atoms with Crippen LogP contribution in [0, 0.1) is 11.6 Å². The van der Waals surface area contributed by atoms with Crippen molar-refractivity contribution in [2.75, 3.05) is 45.2 Å². The van der Waals surface area contributed by atoms with E-state index in [-0.39, 0.29) is 45.2 Å². The first-order valence-corrected chi connectivity index (χ1v) is 13.6. The lowest BCUT2D eigenvalue weighted by Crippen LogP contribution is -2.54. The van der Waals surface area contributed by atoms with Crippen LogP contribution in [0.4, 0.5) is 14.5 Å². The van der Waals surface area contributed by atoms with E-state index in [4.69, 9.17) is 16.3 Å². The summed E-state index contributed by atoms with van der Waals surface area (Å²) in [5.74, 6) is -3.60. The Morgan fingerprint density at radius 2 is 1.81 bits per heavy atom. The monoisotopic (exact) mass is 602 g/mol. The topological polar surface area (TPSA) is 129 Å². The molecule has 2 atom stereocenters. The second-order valence-corrected chi connectivity index (χ2v) is 10.5. The van der Waals surface area contributed by atoms with Gasteiger partial charge in [-0.2, -0.15) is 4.39 Å². The number of methoxy groups -OCH3 is 1. The predicted molar refractivity (Wildman–Crippen MR) is 149 cm³/mol. The summed E-state index contributed by atoms with van der Waals surface area (Å²) in [4.78, 5) is 46.1. The number of aliphatic hydroxyl groups is 1. The van der Waals surface area contributed by atoms with E-state index in [0.717, 1.165) is 0 Å². The second-order valence-electron chi connectivity index (χ2n) is 10.1. The van der Waals surface area contributed by atoms with Crippen LogP contribution >= 0.6 is 11.6 Å². The number of carbonyl (C=O) groups is 3. The molecule has 11 nitrogen and oxygen atoms in total. The van der Waals surface area contributed by atoms with E-state index >= 15 is 0 Å². The number of piperazine rings is 1. The number of amides is 3. The molecular formula is C28H29ClF2N6O5. The van der Waals surface area contributed by atoms with Crippen LogP contribution in [0.25, 0.3) is 11.3 Å². The lowest BCUT2D eigenvalue weighted by atomic mass is 10.1. The number of benzene rings is 2. The molecule has 2 fully saturated rings. The number of nitrogens with one attached hydrogen (secondary N) is 2. The maximum absolute atomic E-state index is 14.6. The molecule has 2 aliphatic rings. The average molecular weight is 603 g/mol. The summed E-state index contributed by atoms with van der Waals surface area (Å²) in [5.41, 5.74) is 0.630. The van der Waals surface area contributed by atoms with Gasteiger partial charge in [0.15, 0.2) is 17.4 Å². The number of carbonyl (C=O) groups excluding carboxylic acids is 3. The van der Waals surface area contributed by atoms with Gasteiger partial charge in [-0.25, -0.2) is 9.37 Å². The molecule has 0 bridgehead atoms. The molecule has 222 valence electrons. The van der Waals surface area contributed by atoms with Crippen LogP contribution in [0.15, 0.2) is 36.5 Å². The van der Waals surface area contributed by atoms with Crippen molar-refractivity contribution >= 4 is 35.0 Å². The Hall–Kier alpha value is -4.07. The molecule has 14 heteroatoms. The van der Waals surface area contributed by atoms with Gasteiger partial charge in [0.25, 0.3) is 11.8 Å². The number of anilines is 1. The highest BCUT2D eigenvalue weighted by Gasteiger charge is 2.34. The number of β-amino-alcohol motifs (C(OH)–C–C–N with tert-alkyl or cyclic N) is 1. The van der Waals surface area contributed by atoms with E-state index in [9.17, 15) is 28.3 Å². The number of aromatic nitrogens is 2. The van der Waals surface area contributed by atoms with Gasteiger partial charge in [-0.15, -0.1) is 0 Å². The normalized spacial score (nSPS) is 18.7. The van der Waals surface area contributed by atoms with Crippen LogP contribution in [0.5, 0.6) is 5.75 Å². The summed E-state index contributed by atoms with van der Waals surface area (Å²) in [6.45, 7) is 1.77. The van der Waals surface area contributed by atoms with Gasteiger partial charge >= 0.3 is 0 Å². The highest BCUT2D eigenvalue weighted by molar-refractivity contribution is 6.34. The lowest BCUT2D eigenvalue weighted by molar-refractivity contribution is -0.134. The van der Waals surface area contributed by atoms with E-state index < -0.39 is 29.7 Å². The summed E-state index contributed by atoms with van der Waals surface area (Å²) in [6, 6.07) is 6.67. The summed E-state index contributed by atoms with van der Waals surface area (Å²) >= 11 is 6.42. The van der Waals surface area contributed by atoms with Crippen LogP contribution in [0.2, 0.25) is 5.02 Å². The Morgan fingerprint density at radius 3 is 2.45 bits per heavy atom. The maximum Gasteiger partial charge on any atom is 0.291 e. The Balaban J connectivity index is 1.22. The molecular weight excluding hydrogens is 574 g/mol. The van der Waals surface area contributed by atoms with E-state index in [1.165, 1.54) is 55.3 Å². The largest absolute Gasteiger partial charge is 0.494 e. The number of ether oxygens (including phenoxy) is 1. The maximum atomic E-state index is 14.6. The van der Waals surface area contributed by atoms with E-state index in [1.807, 2.05) is 0 Å². The highest BCUT2D eigenvalue weighted by Crippen LogP contribution is 2.30. The number of hydrogen-bond acceptors (Lipinski definition) is 7. The average Bonchev–Trinajstić information content (AvgIpc) is 3.59. The highest BCUT2D eigenvalue weighted by atomic mass is 35.5. The Morgan fingerprint density at radius 1 is 1.10 bits per heavy atom. The van der Waals surface area contributed by atoms with Crippen LogP contribution in [-0.2, 0) is 11.8 Å². The molecule has 2 aliphatic heterocycles. The fourth-order valence-electron chi connectivity index (χ4n) is 5.14. The van der Waals surface area contributed by atoms with Crippen LogP contribution < -0.4 is 15.4 Å². The first kappa shape index (κ1) is 29.4. The Labute approximate surface area is 245 Å². The van der Waals surface area contributed by atoms with E-state index in [0.29, 0.717) is 44.8 Å². The number of hydrogen-bond donors (Lipinski definition) is 3. The zero-order chi connectivity index (χ0) is 30.1. The zero-order valence-corrected chi connectivity index (χ0v) is 23.6. The second kappa shape index (κ2) is 12.0. The summed E-state index contributed by atoms with van der Waals surface area (Å²) < 4.78 is 35.0. The standard InChI is InChI=1S/C28H29ClF2N6O5/c1-35-21(18-5-6-22(42-2)24(31)23(18)30)14-33-25(35)26(39)34-15-3-4-17(19(29)11-15)27(40)36-7-9-37(10-8-36)28(41)20-12-16(38)13-32-20/h3-6,11,14,16,20,32,38H,7-10,12-13H2,1-2H3,(H,34,39)/t16-,20+/m1/s1. The molecule has 0 spiro atoms. The molecule has 0 saturated carbocycles. The molecule has 0 unspecified atom stereocenters. The van der Waals surface area contributed by atoms with Crippen LogP contribution in [0.1, 0.15) is 27.4 Å². The molecule has 1 aromatic heterocycles. The number of imidazole rings is 1. The van der Waals surface area contributed by atoms with E-state index in [1.54, 1.807) is 9.80 Å². The fourth-order valence-corrected chi connectivity index (χ4v) is 5.40. The van der Waals surface area contributed by atoms with Gasteiger partial charge in [-0.1, -0.05) is 11.6 Å². The van der Waals surface area contributed by atoms with Crippen molar-refractivity contribution < 1.29 is 33.0 Å². The number of rotatable bonds is 6. The molecule has 3 N–H and O–H groups in total. The molecule has 3 amide bonds. The molecule has 3 aromatic rings. The summed E-state index contributed by atoms with van der Waals surface area (Å²) in [7, 11) is 2.72. The third-order valence-corrected chi connectivity index (χ3v) is 7.79. The third kappa shape index (κ3) is 5.67. The SMILES string of the molecule is COc1ccc(-c2cnc(C(=O)Nc3ccc(C(=O)N4CCN(C(=O)[C@@H]5C[C@@H](O)CN5)CC4)c(Cl)c3)n2C)c(F)c1F. The van der Waals surface area contributed by atoms with Gasteiger partial charge in [0, 0.05) is 51.0 Å². The van der Waals surface area contributed by atoms with Crippen molar-refractivity contribution in [3.63, 3.8) is 0 Å². The molecule has 0 aliphatic carbocycles. The first-order valence-electron chi connectivity index (χ1n) is 13.2. The molecule has 2 saturated heterocycles. The van der Waals surface area contributed by atoms with Gasteiger partial charge in [0.2, 0.25) is 11.7 Å². The van der Waals surface area contributed by atoms with Crippen molar-refractivity contribution in [2.24, 2.45) is 7.05 Å². The Kier molecular flexibility index (Phi) is 8.43. The number of nitrogens with zero attached hydrogens (tertiary/aromatic N) is 4. The van der Waals surface area contributed by atoms with Crippen molar-refractivity contribution in [3.8, 4) is 17.0 Å².